The fraction of sp³-hybridized carbons (Fsp3) is 0.333. The Bertz CT molecular complexity index is 426. The second-order valence-corrected chi connectivity index (χ2v) is 4.04. The van der Waals surface area contributed by atoms with Crippen molar-refractivity contribution in [3.05, 3.63) is 29.8 Å². The lowest BCUT2D eigenvalue weighted by Crippen LogP contribution is -2.28. The number of anilines is 1. The van der Waals surface area contributed by atoms with Crippen molar-refractivity contribution in [2.24, 2.45) is 10.9 Å². The molecule has 98 valence electrons. The first-order chi connectivity index (χ1) is 8.54. The van der Waals surface area contributed by atoms with Crippen LogP contribution in [0.15, 0.2) is 29.4 Å². The number of nitrogens with one attached hydrogen (secondary N) is 1. The van der Waals surface area contributed by atoms with Gasteiger partial charge in [-0.25, -0.2) is 0 Å². The maximum Gasteiger partial charge on any atom is 0.251 e. The molecule has 0 aromatic heterocycles. The summed E-state index contributed by atoms with van der Waals surface area (Å²) in [6.45, 7) is 0.337. The molecular weight excluding hydrogens is 232 g/mol. The van der Waals surface area contributed by atoms with Gasteiger partial charge in [-0.3, -0.25) is 4.79 Å². The highest BCUT2D eigenvalue weighted by Crippen LogP contribution is 2.11. The summed E-state index contributed by atoms with van der Waals surface area (Å²) in [6.07, 6.45) is 0.317. The number of nitrogens with zero attached hydrogens (tertiary/aromatic N) is 2. The quantitative estimate of drug-likeness (QED) is 0.309. The number of rotatable bonds is 5. The molecule has 0 saturated carbocycles. The van der Waals surface area contributed by atoms with Crippen LogP contribution in [0.2, 0.25) is 0 Å². The molecule has 0 bridgehead atoms. The molecule has 6 heteroatoms. The van der Waals surface area contributed by atoms with Gasteiger partial charge in [-0.1, -0.05) is 5.16 Å². The Morgan fingerprint density at radius 2 is 2.00 bits per heavy atom. The van der Waals surface area contributed by atoms with E-state index in [1.807, 2.05) is 31.1 Å². The van der Waals surface area contributed by atoms with Crippen molar-refractivity contribution in [1.29, 1.82) is 0 Å². The van der Waals surface area contributed by atoms with Crippen molar-refractivity contribution >= 4 is 17.4 Å². The molecule has 0 aliphatic heterocycles. The minimum Gasteiger partial charge on any atom is -0.409 e. The lowest BCUT2D eigenvalue weighted by atomic mass is 10.2. The maximum absolute atomic E-state index is 11.7. The van der Waals surface area contributed by atoms with Gasteiger partial charge in [-0.2, -0.15) is 0 Å². The molecule has 1 amide bonds. The third-order valence-corrected chi connectivity index (χ3v) is 2.44. The number of hydrogen-bond donors (Lipinski definition) is 3. The third kappa shape index (κ3) is 3.97. The van der Waals surface area contributed by atoms with Gasteiger partial charge >= 0.3 is 0 Å². The Morgan fingerprint density at radius 3 is 2.50 bits per heavy atom. The van der Waals surface area contributed by atoms with Gasteiger partial charge < -0.3 is 21.2 Å². The maximum atomic E-state index is 11.7. The van der Waals surface area contributed by atoms with Crippen LogP contribution in [0.25, 0.3) is 0 Å². The van der Waals surface area contributed by atoms with Crippen LogP contribution < -0.4 is 16.0 Å². The first kappa shape index (κ1) is 13.8. The molecule has 1 aromatic carbocycles. The van der Waals surface area contributed by atoms with Crippen molar-refractivity contribution in [2.45, 2.75) is 6.42 Å². The zero-order valence-corrected chi connectivity index (χ0v) is 10.6. The molecular formula is C12H18N4O2. The van der Waals surface area contributed by atoms with Gasteiger partial charge in [0.2, 0.25) is 0 Å². The smallest absolute Gasteiger partial charge is 0.251 e. The minimum atomic E-state index is -0.175. The van der Waals surface area contributed by atoms with Gasteiger partial charge in [-0.05, 0) is 24.3 Å². The lowest BCUT2D eigenvalue weighted by Gasteiger charge is -2.12. The number of benzene rings is 1. The SMILES string of the molecule is CN(C)c1ccc(C(=O)NCCC(N)=NO)cc1. The van der Waals surface area contributed by atoms with Crippen LogP contribution in [-0.4, -0.2) is 37.6 Å². The largest absolute Gasteiger partial charge is 0.409 e. The normalized spacial score (nSPS) is 11.1. The average molecular weight is 250 g/mol. The molecule has 6 nitrogen and oxygen atoms in total. The van der Waals surface area contributed by atoms with Crippen LogP contribution in [0.3, 0.4) is 0 Å². The molecule has 0 fully saturated rings. The van der Waals surface area contributed by atoms with E-state index >= 15 is 0 Å². The second kappa shape index (κ2) is 6.48. The number of hydrogen-bond acceptors (Lipinski definition) is 4. The monoisotopic (exact) mass is 250 g/mol. The van der Waals surface area contributed by atoms with E-state index in [1.165, 1.54) is 0 Å². The Kier molecular flexibility index (Phi) is 4.98. The zero-order valence-electron chi connectivity index (χ0n) is 10.6. The third-order valence-electron chi connectivity index (χ3n) is 2.44. The van der Waals surface area contributed by atoms with Gasteiger partial charge in [0, 0.05) is 38.3 Å². The van der Waals surface area contributed by atoms with E-state index in [2.05, 4.69) is 10.5 Å². The van der Waals surface area contributed by atoms with Crippen LogP contribution in [0.4, 0.5) is 5.69 Å². The van der Waals surface area contributed by atoms with E-state index in [4.69, 9.17) is 10.9 Å². The molecule has 4 N–H and O–H groups in total. The topological polar surface area (TPSA) is 91.0 Å². The Balaban J connectivity index is 2.52. The Hall–Kier alpha value is -2.24. The van der Waals surface area contributed by atoms with Crippen molar-refractivity contribution < 1.29 is 10.0 Å². The van der Waals surface area contributed by atoms with E-state index in [9.17, 15) is 4.79 Å². The van der Waals surface area contributed by atoms with E-state index in [0.717, 1.165) is 5.69 Å². The van der Waals surface area contributed by atoms with Crippen LogP contribution in [0, 0.1) is 0 Å². The Morgan fingerprint density at radius 1 is 1.39 bits per heavy atom. The summed E-state index contributed by atoms with van der Waals surface area (Å²) in [4.78, 5) is 13.7. The van der Waals surface area contributed by atoms with Crippen molar-refractivity contribution in [3.8, 4) is 0 Å². The van der Waals surface area contributed by atoms with Gasteiger partial charge in [-0.15, -0.1) is 0 Å². The van der Waals surface area contributed by atoms with Gasteiger partial charge in [0.25, 0.3) is 5.91 Å². The van der Waals surface area contributed by atoms with Crippen molar-refractivity contribution in [3.63, 3.8) is 0 Å². The van der Waals surface area contributed by atoms with Crippen LogP contribution in [0.5, 0.6) is 0 Å². The molecule has 1 rings (SSSR count). The molecule has 0 radical (unpaired) electrons. The fourth-order valence-electron chi connectivity index (χ4n) is 1.37. The predicted molar refractivity (Wildman–Crippen MR) is 71.1 cm³/mol. The minimum absolute atomic E-state index is 0.0956. The number of carbonyl (C=O) groups excluding carboxylic acids is 1. The predicted octanol–water partition coefficient (Wildman–Crippen LogP) is 0.619. The Labute approximate surface area is 106 Å². The van der Waals surface area contributed by atoms with E-state index in [1.54, 1.807) is 12.1 Å². The molecule has 0 heterocycles. The van der Waals surface area contributed by atoms with Crippen molar-refractivity contribution in [2.75, 3.05) is 25.5 Å². The highest BCUT2D eigenvalue weighted by atomic mass is 16.4. The second-order valence-electron chi connectivity index (χ2n) is 4.04. The molecule has 18 heavy (non-hydrogen) atoms. The highest BCUT2D eigenvalue weighted by molar-refractivity contribution is 5.94. The number of amides is 1. The highest BCUT2D eigenvalue weighted by Gasteiger charge is 2.05. The zero-order chi connectivity index (χ0) is 13.5. The van der Waals surface area contributed by atoms with Crippen molar-refractivity contribution in [1.82, 2.24) is 5.32 Å². The first-order valence-electron chi connectivity index (χ1n) is 5.56. The molecule has 0 atom stereocenters. The van der Waals surface area contributed by atoms with Crippen LogP contribution >= 0.6 is 0 Å². The average Bonchev–Trinajstić information content (AvgIpc) is 2.38. The summed E-state index contributed by atoms with van der Waals surface area (Å²) in [5, 5.41) is 13.9. The number of oxime groups is 1. The van der Waals surface area contributed by atoms with E-state index in [0.29, 0.717) is 18.5 Å². The summed E-state index contributed by atoms with van der Waals surface area (Å²) >= 11 is 0. The molecule has 0 unspecified atom stereocenters. The molecule has 0 saturated heterocycles. The lowest BCUT2D eigenvalue weighted by molar-refractivity contribution is 0.0954. The molecule has 0 spiro atoms. The summed E-state index contributed by atoms with van der Waals surface area (Å²) in [5.41, 5.74) is 6.91. The number of carbonyl (C=O) groups is 1. The van der Waals surface area contributed by atoms with Crippen LogP contribution in [0.1, 0.15) is 16.8 Å². The van der Waals surface area contributed by atoms with Gasteiger partial charge in [0.05, 0.1) is 0 Å². The van der Waals surface area contributed by atoms with Gasteiger partial charge in [0.15, 0.2) is 0 Å². The van der Waals surface area contributed by atoms with Gasteiger partial charge in [0.1, 0.15) is 5.84 Å². The van der Waals surface area contributed by atoms with E-state index in [-0.39, 0.29) is 11.7 Å². The summed E-state index contributed by atoms with van der Waals surface area (Å²) < 4.78 is 0. The standard InChI is InChI=1S/C12H18N4O2/c1-16(2)10-5-3-9(4-6-10)12(17)14-8-7-11(13)15-18/h3-6,18H,7-8H2,1-2H3,(H2,13,15)(H,14,17). The summed E-state index contributed by atoms with van der Waals surface area (Å²) in [5.74, 6) is -0.0794. The first-order valence-corrected chi connectivity index (χ1v) is 5.56. The summed E-state index contributed by atoms with van der Waals surface area (Å²) in [7, 11) is 3.87. The summed E-state index contributed by atoms with van der Waals surface area (Å²) in [6, 6.07) is 7.26. The van der Waals surface area contributed by atoms with Crippen LogP contribution in [-0.2, 0) is 0 Å². The number of nitrogens with two attached hydrogens (primary N) is 1. The fourth-order valence-corrected chi connectivity index (χ4v) is 1.37. The number of amidine groups is 1. The molecule has 0 aliphatic rings. The molecule has 1 aromatic rings. The van der Waals surface area contributed by atoms with E-state index < -0.39 is 0 Å². The molecule has 0 aliphatic carbocycles.